The second kappa shape index (κ2) is 12.0. The van der Waals surface area contributed by atoms with Crippen LogP contribution < -0.4 is 15.6 Å². The molecule has 0 aliphatic heterocycles. The molecular weight excluding hydrogens is 514 g/mol. The van der Waals surface area contributed by atoms with Crippen LogP contribution in [0.3, 0.4) is 0 Å². The van der Waals surface area contributed by atoms with E-state index in [1.54, 1.807) is 36.5 Å². The van der Waals surface area contributed by atoms with Crippen molar-refractivity contribution in [2.45, 2.75) is 52.9 Å². The Balaban J connectivity index is 1.89. The summed E-state index contributed by atoms with van der Waals surface area (Å²) in [4.78, 5) is 38.0. The summed E-state index contributed by atoms with van der Waals surface area (Å²) in [7, 11) is 4.02. The molecule has 8 nitrogen and oxygen atoms in total. The lowest BCUT2D eigenvalue weighted by molar-refractivity contribution is -0.122. The molecule has 0 saturated carbocycles. The maximum atomic E-state index is 13.9. The van der Waals surface area contributed by atoms with Crippen LogP contribution in [0.2, 0.25) is 5.02 Å². The van der Waals surface area contributed by atoms with Gasteiger partial charge >= 0.3 is 0 Å². The molecule has 0 radical (unpaired) electrons. The van der Waals surface area contributed by atoms with Gasteiger partial charge in [-0.15, -0.1) is 0 Å². The molecule has 2 aromatic carbocycles. The first-order chi connectivity index (χ1) is 18.5. The molecule has 0 aliphatic carbocycles. The fourth-order valence-corrected chi connectivity index (χ4v) is 4.58. The minimum Gasteiger partial charge on any atom is -0.491 e. The van der Waals surface area contributed by atoms with Crippen LogP contribution in [0.1, 0.15) is 33.3 Å². The van der Waals surface area contributed by atoms with Gasteiger partial charge < -0.3 is 15.0 Å². The van der Waals surface area contributed by atoms with E-state index in [0.717, 1.165) is 29.0 Å². The quantitative estimate of drug-likeness (QED) is 0.312. The molecule has 2 aromatic heterocycles. The van der Waals surface area contributed by atoms with Crippen molar-refractivity contribution in [2.75, 3.05) is 14.1 Å². The third kappa shape index (κ3) is 7.02. The predicted molar refractivity (Wildman–Crippen MR) is 156 cm³/mol. The van der Waals surface area contributed by atoms with Crippen LogP contribution in [-0.2, 0) is 17.9 Å². The number of carbonyl (C=O) groups is 1. The van der Waals surface area contributed by atoms with Crippen molar-refractivity contribution in [3.63, 3.8) is 0 Å². The van der Waals surface area contributed by atoms with Gasteiger partial charge in [0.05, 0.1) is 11.5 Å². The Morgan fingerprint density at radius 2 is 1.82 bits per heavy atom. The molecule has 39 heavy (non-hydrogen) atoms. The summed E-state index contributed by atoms with van der Waals surface area (Å²) in [6.45, 7) is 8.25. The van der Waals surface area contributed by atoms with E-state index in [-0.39, 0.29) is 30.2 Å². The molecule has 204 valence electrons. The Morgan fingerprint density at radius 1 is 1.05 bits per heavy atom. The largest absolute Gasteiger partial charge is 0.491 e. The van der Waals surface area contributed by atoms with E-state index >= 15 is 0 Å². The Kier molecular flexibility index (Phi) is 8.67. The van der Waals surface area contributed by atoms with Crippen LogP contribution in [0.25, 0.3) is 33.5 Å². The topological polar surface area (TPSA) is 89.3 Å². The number of benzene rings is 2. The third-order valence-corrected chi connectivity index (χ3v) is 6.05. The first-order valence-electron chi connectivity index (χ1n) is 12.9. The van der Waals surface area contributed by atoms with E-state index in [2.05, 4.69) is 21.3 Å². The molecule has 0 unspecified atom stereocenters. The number of ether oxygens (including phenoxy) is 1. The number of fused-ring (bicyclic) bond motifs is 1. The zero-order valence-corrected chi connectivity index (χ0v) is 23.9. The molecule has 4 aromatic rings. The number of hydrogen-bond acceptors (Lipinski definition) is 6. The summed E-state index contributed by atoms with van der Waals surface area (Å²) in [5.74, 6) is 0.791. The maximum Gasteiger partial charge on any atom is 0.263 e. The van der Waals surface area contributed by atoms with E-state index in [1.165, 1.54) is 4.57 Å². The lowest BCUT2D eigenvalue weighted by Gasteiger charge is -2.17. The first kappa shape index (κ1) is 28.3. The Labute approximate surface area is 233 Å². The molecule has 0 aliphatic rings. The molecule has 0 bridgehead atoms. The van der Waals surface area contributed by atoms with Gasteiger partial charge in [-0.3, -0.25) is 14.2 Å². The summed E-state index contributed by atoms with van der Waals surface area (Å²) >= 11 is 6.23. The second-order valence-electron chi connectivity index (χ2n) is 10.4. The van der Waals surface area contributed by atoms with Crippen LogP contribution in [0.15, 0.2) is 59.5 Å². The van der Waals surface area contributed by atoms with E-state index in [1.807, 2.05) is 53.9 Å². The summed E-state index contributed by atoms with van der Waals surface area (Å²) < 4.78 is 7.39. The Morgan fingerprint density at radius 3 is 2.49 bits per heavy atom. The van der Waals surface area contributed by atoms with Gasteiger partial charge in [-0.1, -0.05) is 23.7 Å². The smallest absolute Gasteiger partial charge is 0.263 e. The van der Waals surface area contributed by atoms with Gasteiger partial charge in [0, 0.05) is 34.9 Å². The summed E-state index contributed by atoms with van der Waals surface area (Å²) in [6, 6.07) is 14.8. The molecule has 0 spiro atoms. The first-order valence-corrected chi connectivity index (χ1v) is 13.3. The van der Waals surface area contributed by atoms with E-state index in [0.29, 0.717) is 27.4 Å². The molecule has 1 N–H and O–H groups in total. The van der Waals surface area contributed by atoms with Gasteiger partial charge in [-0.2, -0.15) is 0 Å². The van der Waals surface area contributed by atoms with E-state index in [9.17, 15) is 9.59 Å². The zero-order valence-electron chi connectivity index (χ0n) is 23.2. The molecule has 1 amide bonds. The normalized spacial score (nSPS) is 11.5. The van der Waals surface area contributed by atoms with Crippen LogP contribution in [0, 0.1) is 0 Å². The molecule has 0 saturated heterocycles. The van der Waals surface area contributed by atoms with Crippen LogP contribution >= 0.6 is 11.6 Å². The SMILES string of the molecule is CC(C)NC(=O)Cn1c(-c2cccc(Cl)c2)nc2ncc(-c3cc(CN(C)C)cc(OC(C)C)c3)cc2c1=O. The van der Waals surface area contributed by atoms with Crippen LogP contribution in [0.5, 0.6) is 5.75 Å². The fraction of sp³-hybridized carbons (Fsp3) is 0.333. The highest BCUT2D eigenvalue weighted by molar-refractivity contribution is 6.30. The number of nitrogens with zero attached hydrogens (tertiary/aromatic N) is 4. The number of rotatable bonds is 9. The van der Waals surface area contributed by atoms with Gasteiger partial charge in [0.1, 0.15) is 18.1 Å². The van der Waals surface area contributed by atoms with Gasteiger partial charge in [0.2, 0.25) is 5.91 Å². The number of nitrogens with one attached hydrogen (secondary N) is 1. The predicted octanol–water partition coefficient (Wildman–Crippen LogP) is 5.15. The summed E-state index contributed by atoms with van der Waals surface area (Å²) in [6.07, 6.45) is 1.72. The number of halogens is 1. The lowest BCUT2D eigenvalue weighted by atomic mass is 10.0. The number of pyridine rings is 1. The van der Waals surface area contributed by atoms with Crippen molar-refractivity contribution in [3.05, 3.63) is 75.7 Å². The van der Waals surface area contributed by atoms with Crippen LogP contribution in [0.4, 0.5) is 0 Å². The number of carbonyl (C=O) groups excluding carboxylic acids is 1. The summed E-state index contributed by atoms with van der Waals surface area (Å²) in [5.41, 5.74) is 3.27. The zero-order chi connectivity index (χ0) is 28.3. The molecule has 9 heteroatoms. The van der Waals surface area contributed by atoms with E-state index < -0.39 is 0 Å². The van der Waals surface area contributed by atoms with Gasteiger partial charge in [-0.05, 0) is 89.3 Å². The highest BCUT2D eigenvalue weighted by atomic mass is 35.5. The highest BCUT2D eigenvalue weighted by Crippen LogP contribution is 2.29. The lowest BCUT2D eigenvalue weighted by Crippen LogP contribution is -2.37. The van der Waals surface area contributed by atoms with E-state index in [4.69, 9.17) is 21.3 Å². The molecule has 0 fully saturated rings. The van der Waals surface area contributed by atoms with Crippen molar-refractivity contribution in [1.29, 1.82) is 0 Å². The van der Waals surface area contributed by atoms with Crippen molar-refractivity contribution in [1.82, 2.24) is 24.8 Å². The van der Waals surface area contributed by atoms with Crippen molar-refractivity contribution < 1.29 is 9.53 Å². The second-order valence-corrected chi connectivity index (χ2v) is 10.9. The molecule has 0 atom stereocenters. The number of aromatic nitrogens is 3. The van der Waals surface area contributed by atoms with Crippen molar-refractivity contribution in [2.24, 2.45) is 0 Å². The van der Waals surface area contributed by atoms with Crippen molar-refractivity contribution >= 4 is 28.5 Å². The molecule has 4 rings (SSSR count). The Hall–Kier alpha value is -3.75. The molecule has 2 heterocycles. The minimum atomic E-state index is -0.355. The Bertz CT molecular complexity index is 1530. The number of amides is 1. The van der Waals surface area contributed by atoms with Crippen LogP contribution in [-0.4, -0.2) is 51.6 Å². The van der Waals surface area contributed by atoms with Gasteiger partial charge in [-0.25, -0.2) is 9.97 Å². The standard InChI is InChI=1S/C30H34ClN5O3/c1-18(2)33-27(37)17-36-29(21-8-7-9-24(31)12-21)34-28-26(30(36)38)14-23(15-32-28)22-10-20(16-35(5)6)11-25(13-22)39-19(3)4/h7-15,18-19H,16-17H2,1-6H3,(H,33,37). The number of hydrogen-bond donors (Lipinski definition) is 1. The molecular formula is C30H34ClN5O3. The highest BCUT2D eigenvalue weighted by Gasteiger charge is 2.18. The van der Waals surface area contributed by atoms with Gasteiger partial charge in [0.15, 0.2) is 5.65 Å². The monoisotopic (exact) mass is 547 g/mol. The maximum absolute atomic E-state index is 13.9. The third-order valence-electron chi connectivity index (χ3n) is 5.81. The summed E-state index contributed by atoms with van der Waals surface area (Å²) in [5, 5.41) is 3.67. The van der Waals surface area contributed by atoms with Gasteiger partial charge in [0.25, 0.3) is 5.56 Å². The van der Waals surface area contributed by atoms with Crippen molar-refractivity contribution in [3.8, 4) is 28.3 Å². The average molecular weight is 548 g/mol. The minimum absolute atomic E-state index is 0.0143. The fourth-order valence-electron chi connectivity index (χ4n) is 4.39. The average Bonchev–Trinajstić information content (AvgIpc) is 2.84.